The number of rotatable bonds is 20. The highest BCUT2D eigenvalue weighted by Crippen LogP contribution is 2.13. The molecule has 0 aliphatic heterocycles. The Labute approximate surface area is 167 Å². The Bertz CT molecular complexity index is 361. The maximum Gasteiger partial charge on any atom is 0.306 e. The van der Waals surface area contributed by atoms with Crippen molar-refractivity contribution in [1.82, 2.24) is 0 Å². The van der Waals surface area contributed by atoms with E-state index in [0.717, 1.165) is 12.8 Å². The van der Waals surface area contributed by atoms with E-state index in [1.54, 1.807) is 0 Å². The average Bonchev–Trinajstić information content (AvgIpc) is 2.68. The highest BCUT2D eigenvalue weighted by molar-refractivity contribution is 5.87. The van der Waals surface area contributed by atoms with Crippen LogP contribution in [0.1, 0.15) is 110 Å². The number of hydrogen-bond acceptors (Lipinski definition) is 5. The number of carbonyl (C=O) groups excluding carboxylic acids is 2. The van der Waals surface area contributed by atoms with Gasteiger partial charge in [-0.3, -0.25) is 9.59 Å². The molecule has 0 aromatic rings. The Kier molecular flexibility index (Phi) is 19.1. The summed E-state index contributed by atoms with van der Waals surface area (Å²) in [6.45, 7) is 2.83. The van der Waals surface area contributed by atoms with E-state index in [1.165, 1.54) is 77.0 Å². The van der Waals surface area contributed by atoms with E-state index in [0.29, 0.717) is 6.61 Å². The second-order valence-electron chi connectivity index (χ2n) is 7.63. The molecule has 27 heavy (non-hydrogen) atoms. The van der Waals surface area contributed by atoms with Gasteiger partial charge in [0.2, 0.25) is 0 Å². The van der Waals surface area contributed by atoms with Crippen LogP contribution in [0.2, 0.25) is 0 Å². The summed E-state index contributed by atoms with van der Waals surface area (Å²) in [5, 5.41) is 0. The first-order chi connectivity index (χ1) is 13.1. The molecule has 0 aliphatic rings. The summed E-state index contributed by atoms with van der Waals surface area (Å²) in [6, 6.07) is -0.663. The third kappa shape index (κ3) is 18.2. The van der Waals surface area contributed by atoms with Gasteiger partial charge in [-0.15, -0.1) is 0 Å². The summed E-state index contributed by atoms with van der Waals surface area (Å²) in [5.74, 6) is -0.492. The normalized spacial score (nSPS) is 12.1. The molecule has 0 rings (SSSR count). The van der Waals surface area contributed by atoms with Crippen molar-refractivity contribution in [2.45, 2.75) is 116 Å². The first-order valence-electron chi connectivity index (χ1n) is 11.3. The van der Waals surface area contributed by atoms with Crippen LogP contribution in [-0.4, -0.2) is 30.9 Å². The molecule has 0 aliphatic carbocycles. The van der Waals surface area contributed by atoms with Crippen LogP contribution in [0.5, 0.6) is 0 Å². The predicted molar refractivity (Wildman–Crippen MR) is 113 cm³/mol. The molecule has 0 unspecified atom stereocenters. The third-order valence-corrected chi connectivity index (χ3v) is 5.00. The van der Waals surface area contributed by atoms with Gasteiger partial charge in [0.15, 0.2) is 5.78 Å². The fourth-order valence-electron chi connectivity index (χ4n) is 3.10. The second-order valence-corrected chi connectivity index (χ2v) is 7.63. The number of hydrogen-bond donors (Lipinski definition) is 2. The maximum absolute atomic E-state index is 11.5. The smallest absolute Gasteiger partial charge is 0.306 e. The van der Waals surface area contributed by atoms with E-state index < -0.39 is 6.04 Å². The second kappa shape index (κ2) is 19.8. The fraction of sp³-hybridized carbons (Fsp3) is 0.909. The lowest BCUT2D eigenvalue weighted by atomic mass is 10.0. The molecule has 160 valence electrons. The van der Waals surface area contributed by atoms with E-state index in [4.69, 9.17) is 16.2 Å². The van der Waals surface area contributed by atoms with Gasteiger partial charge >= 0.3 is 5.97 Å². The number of Topliss-reactive ketones (excluding diaryl/α,β-unsaturated/α-hetero) is 1. The first kappa shape index (κ1) is 26.1. The Balaban J connectivity index is 3.24. The lowest BCUT2D eigenvalue weighted by Crippen LogP contribution is -2.37. The molecule has 0 saturated carbocycles. The van der Waals surface area contributed by atoms with E-state index in [1.807, 2.05) is 0 Å². The molecule has 0 fully saturated rings. The Hall–Kier alpha value is -0.940. The van der Waals surface area contributed by atoms with Gasteiger partial charge in [-0.2, -0.15) is 0 Å². The highest BCUT2D eigenvalue weighted by Gasteiger charge is 2.13. The standard InChI is InChI=1S/C22H44N2O3/c1-2-3-4-5-6-7-8-9-10-11-12-13-14-15-18-27-22(26)17-16-21(25)20(24)19-23/h20H,2-19,23-24H2,1H3/t20-/m0/s1. The first-order valence-corrected chi connectivity index (χ1v) is 11.3. The summed E-state index contributed by atoms with van der Waals surface area (Å²) in [6.07, 6.45) is 18.5. The number of unbranched alkanes of at least 4 members (excludes halogenated alkanes) is 13. The van der Waals surface area contributed by atoms with Crippen LogP contribution in [0.4, 0.5) is 0 Å². The van der Waals surface area contributed by atoms with Crippen LogP contribution < -0.4 is 11.5 Å². The zero-order valence-corrected chi connectivity index (χ0v) is 17.7. The van der Waals surface area contributed by atoms with E-state index >= 15 is 0 Å². The lowest BCUT2D eigenvalue weighted by Gasteiger charge is -2.07. The quantitative estimate of drug-likeness (QED) is 0.235. The summed E-state index contributed by atoms with van der Waals surface area (Å²) < 4.78 is 5.15. The zero-order valence-electron chi connectivity index (χ0n) is 17.7. The molecule has 0 aromatic carbocycles. The average molecular weight is 385 g/mol. The number of nitrogens with two attached hydrogens (primary N) is 2. The number of esters is 1. The van der Waals surface area contributed by atoms with Gasteiger partial charge in [0, 0.05) is 13.0 Å². The lowest BCUT2D eigenvalue weighted by molar-refractivity contribution is -0.145. The molecule has 0 spiro atoms. The topological polar surface area (TPSA) is 95.4 Å². The maximum atomic E-state index is 11.5. The van der Waals surface area contributed by atoms with Crippen molar-refractivity contribution in [3.8, 4) is 0 Å². The molecule has 0 aromatic heterocycles. The minimum absolute atomic E-state index is 0.102. The molecule has 0 heterocycles. The van der Waals surface area contributed by atoms with Gasteiger partial charge in [0.25, 0.3) is 0 Å². The van der Waals surface area contributed by atoms with Gasteiger partial charge in [0.05, 0.1) is 19.1 Å². The SMILES string of the molecule is CCCCCCCCCCCCCCCCOC(=O)CCC(=O)[C@@H](N)CN. The summed E-state index contributed by atoms with van der Waals surface area (Å²) in [5.41, 5.74) is 10.8. The molecule has 0 radical (unpaired) electrons. The molecular weight excluding hydrogens is 340 g/mol. The van der Waals surface area contributed by atoms with Crippen molar-refractivity contribution >= 4 is 11.8 Å². The molecule has 5 heteroatoms. The number of ketones is 1. The summed E-state index contributed by atoms with van der Waals surface area (Å²) >= 11 is 0. The van der Waals surface area contributed by atoms with Crippen LogP contribution in [-0.2, 0) is 14.3 Å². The third-order valence-electron chi connectivity index (χ3n) is 5.00. The molecule has 0 amide bonds. The summed E-state index contributed by atoms with van der Waals surface area (Å²) in [7, 11) is 0. The van der Waals surface area contributed by atoms with Gasteiger partial charge in [-0.05, 0) is 6.42 Å². The van der Waals surface area contributed by atoms with Crippen molar-refractivity contribution in [1.29, 1.82) is 0 Å². The predicted octanol–water partition coefficient (Wildman–Crippen LogP) is 4.65. The van der Waals surface area contributed by atoms with Gasteiger partial charge in [0.1, 0.15) is 0 Å². The largest absolute Gasteiger partial charge is 0.466 e. The van der Waals surface area contributed by atoms with Gasteiger partial charge in [-0.1, -0.05) is 90.4 Å². The highest BCUT2D eigenvalue weighted by atomic mass is 16.5. The minimum Gasteiger partial charge on any atom is -0.466 e. The van der Waals surface area contributed by atoms with Crippen LogP contribution in [0.3, 0.4) is 0 Å². The monoisotopic (exact) mass is 384 g/mol. The van der Waals surface area contributed by atoms with Crippen molar-refractivity contribution in [3.63, 3.8) is 0 Å². The number of ether oxygens (including phenoxy) is 1. The Morgan fingerprint density at radius 1 is 0.741 bits per heavy atom. The molecule has 0 saturated heterocycles. The van der Waals surface area contributed by atoms with Gasteiger partial charge < -0.3 is 16.2 Å². The minimum atomic E-state index is -0.663. The van der Waals surface area contributed by atoms with E-state index in [9.17, 15) is 9.59 Å². The number of carbonyl (C=O) groups is 2. The molecule has 5 nitrogen and oxygen atoms in total. The van der Waals surface area contributed by atoms with Crippen LogP contribution in [0.25, 0.3) is 0 Å². The molecular formula is C22H44N2O3. The fourth-order valence-corrected chi connectivity index (χ4v) is 3.10. The van der Waals surface area contributed by atoms with Gasteiger partial charge in [-0.25, -0.2) is 0 Å². The van der Waals surface area contributed by atoms with Crippen molar-refractivity contribution < 1.29 is 14.3 Å². The van der Waals surface area contributed by atoms with E-state index in [-0.39, 0.29) is 31.1 Å². The van der Waals surface area contributed by atoms with Crippen LogP contribution in [0.15, 0.2) is 0 Å². The zero-order chi connectivity index (χ0) is 20.2. The summed E-state index contributed by atoms with van der Waals surface area (Å²) in [4.78, 5) is 23.0. The Morgan fingerprint density at radius 3 is 1.63 bits per heavy atom. The molecule has 4 N–H and O–H groups in total. The van der Waals surface area contributed by atoms with E-state index in [2.05, 4.69) is 6.92 Å². The van der Waals surface area contributed by atoms with Crippen molar-refractivity contribution in [3.05, 3.63) is 0 Å². The molecule has 0 bridgehead atoms. The van der Waals surface area contributed by atoms with Crippen molar-refractivity contribution in [2.75, 3.05) is 13.2 Å². The Morgan fingerprint density at radius 2 is 1.19 bits per heavy atom. The van der Waals surface area contributed by atoms with Crippen LogP contribution >= 0.6 is 0 Å². The van der Waals surface area contributed by atoms with Crippen molar-refractivity contribution in [2.24, 2.45) is 11.5 Å². The van der Waals surface area contributed by atoms with Crippen LogP contribution in [0, 0.1) is 0 Å². The molecule has 1 atom stereocenters.